The van der Waals surface area contributed by atoms with Crippen LogP contribution in [0.4, 0.5) is 5.69 Å². The summed E-state index contributed by atoms with van der Waals surface area (Å²) in [6, 6.07) is 1.43. The Kier molecular flexibility index (Phi) is 2.89. The molecule has 1 aromatic rings. The van der Waals surface area contributed by atoms with E-state index >= 15 is 0 Å². The number of hydrogen-bond acceptors (Lipinski definition) is 4. The molecule has 6 heteroatoms. The number of aromatic nitrogens is 2. The second-order valence-electron chi connectivity index (χ2n) is 4.03. The fourth-order valence-electron chi connectivity index (χ4n) is 1.38. The summed E-state index contributed by atoms with van der Waals surface area (Å²) < 4.78 is 1.05. The van der Waals surface area contributed by atoms with Gasteiger partial charge in [-0.2, -0.15) is 5.10 Å². The number of nitrogens with zero attached hydrogens (tertiary/aromatic N) is 2. The van der Waals surface area contributed by atoms with E-state index in [1.165, 1.54) is 25.1 Å². The van der Waals surface area contributed by atoms with Crippen LogP contribution in [0.3, 0.4) is 0 Å². The fraction of sp³-hybridized carbons (Fsp3) is 0.500. The second-order valence-corrected chi connectivity index (χ2v) is 4.03. The van der Waals surface area contributed by atoms with Crippen LogP contribution in [0, 0.1) is 5.92 Å². The van der Waals surface area contributed by atoms with Crippen molar-refractivity contribution in [3.05, 3.63) is 22.6 Å². The standard InChI is InChI=1S/C10H14N4O2/c11-9(15)6-14-10(16)3-8(5-13-14)12-4-7-1-2-7/h3,5,7,12H,1-2,4,6H2,(H2,11,15). The molecule has 1 aliphatic rings. The summed E-state index contributed by atoms with van der Waals surface area (Å²) in [6.07, 6.45) is 4.03. The molecule has 1 amide bonds. The van der Waals surface area contributed by atoms with Crippen molar-refractivity contribution < 1.29 is 4.79 Å². The van der Waals surface area contributed by atoms with E-state index in [1.807, 2.05) is 0 Å². The Balaban J connectivity index is 2.02. The van der Waals surface area contributed by atoms with E-state index in [9.17, 15) is 9.59 Å². The molecule has 1 aliphatic carbocycles. The van der Waals surface area contributed by atoms with Crippen molar-refractivity contribution in [1.29, 1.82) is 0 Å². The highest BCUT2D eigenvalue weighted by molar-refractivity contribution is 5.73. The molecule has 0 aromatic carbocycles. The molecule has 0 atom stereocenters. The average molecular weight is 222 g/mol. The minimum atomic E-state index is -0.576. The minimum absolute atomic E-state index is 0.179. The molecule has 16 heavy (non-hydrogen) atoms. The Morgan fingerprint density at radius 1 is 1.62 bits per heavy atom. The summed E-state index contributed by atoms with van der Waals surface area (Å²) in [6.45, 7) is 0.697. The van der Waals surface area contributed by atoms with E-state index < -0.39 is 5.91 Å². The van der Waals surface area contributed by atoms with Gasteiger partial charge >= 0.3 is 0 Å². The van der Waals surface area contributed by atoms with Crippen molar-refractivity contribution in [3.8, 4) is 0 Å². The molecule has 3 N–H and O–H groups in total. The maximum Gasteiger partial charge on any atom is 0.269 e. The molecule has 2 rings (SSSR count). The third kappa shape index (κ3) is 2.82. The normalized spacial score (nSPS) is 14.8. The predicted molar refractivity (Wildman–Crippen MR) is 58.9 cm³/mol. The minimum Gasteiger partial charge on any atom is -0.383 e. The number of nitrogens with one attached hydrogen (secondary N) is 1. The van der Waals surface area contributed by atoms with Gasteiger partial charge in [0.2, 0.25) is 5.91 Å². The van der Waals surface area contributed by atoms with Gasteiger partial charge in [0.1, 0.15) is 6.54 Å². The number of carbonyl (C=O) groups is 1. The molecule has 0 spiro atoms. The molecule has 1 heterocycles. The van der Waals surface area contributed by atoms with E-state index in [0.717, 1.165) is 17.1 Å². The molecule has 1 fully saturated rings. The van der Waals surface area contributed by atoms with Gasteiger partial charge in [0.25, 0.3) is 5.56 Å². The molecule has 0 aliphatic heterocycles. The molecule has 0 bridgehead atoms. The molecule has 1 saturated carbocycles. The van der Waals surface area contributed by atoms with Gasteiger partial charge in [-0.1, -0.05) is 0 Å². The molecule has 1 aromatic heterocycles. The third-order valence-corrected chi connectivity index (χ3v) is 2.47. The zero-order valence-corrected chi connectivity index (χ0v) is 8.85. The van der Waals surface area contributed by atoms with Gasteiger partial charge in [-0.05, 0) is 18.8 Å². The van der Waals surface area contributed by atoms with E-state index in [2.05, 4.69) is 10.4 Å². The zero-order valence-electron chi connectivity index (χ0n) is 8.85. The second kappa shape index (κ2) is 4.34. The maximum absolute atomic E-state index is 11.5. The Morgan fingerprint density at radius 2 is 2.38 bits per heavy atom. The third-order valence-electron chi connectivity index (χ3n) is 2.47. The van der Waals surface area contributed by atoms with Gasteiger partial charge < -0.3 is 11.1 Å². The number of primary amides is 1. The lowest BCUT2D eigenvalue weighted by atomic mass is 10.4. The first-order valence-electron chi connectivity index (χ1n) is 5.24. The van der Waals surface area contributed by atoms with Crippen LogP contribution in [0.5, 0.6) is 0 Å². The summed E-state index contributed by atoms with van der Waals surface area (Å²) >= 11 is 0. The molecule has 6 nitrogen and oxygen atoms in total. The van der Waals surface area contributed by atoms with Crippen molar-refractivity contribution in [2.24, 2.45) is 11.7 Å². The van der Waals surface area contributed by atoms with E-state index in [-0.39, 0.29) is 12.1 Å². The highest BCUT2D eigenvalue weighted by Gasteiger charge is 2.20. The fourth-order valence-corrected chi connectivity index (χ4v) is 1.38. The van der Waals surface area contributed by atoms with Gasteiger partial charge in [-0.15, -0.1) is 0 Å². The lowest BCUT2D eigenvalue weighted by molar-refractivity contribution is -0.118. The van der Waals surface area contributed by atoms with Gasteiger partial charge in [0, 0.05) is 12.6 Å². The first-order chi connectivity index (χ1) is 7.65. The topological polar surface area (TPSA) is 90.0 Å². The molecular formula is C10H14N4O2. The Morgan fingerprint density at radius 3 is 2.94 bits per heavy atom. The molecule has 0 unspecified atom stereocenters. The van der Waals surface area contributed by atoms with Crippen LogP contribution in [0.15, 0.2) is 17.1 Å². The van der Waals surface area contributed by atoms with E-state index in [4.69, 9.17) is 5.73 Å². The van der Waals surface area contributed by atoms with Crippen LogP contribution in [0.25, 0.3) is 0 Å². The van der Waals surface area contributed by atoms with E-state index in [1.54, 1.807) is 0 Å². The number of amides is 1. The molecule has 86 valence electrons. The Labute approximate surface area is 92.4 Å². The first-order valence-corrected chi connectivity index (χ1v) is 5.24. The molecular weight excluding hydrogens is 208 g/mol. The van der Waals surface area contributed by atoms with Crippen molar-refractivity contribution in [2.75, 3.05) is 11.9 Å². The largest absolute Gasteiger partial charge is 0.383 e. The van der Waals surface area contributed by atoms with E-state index in [0.29, 0.717) is 5.69 Å². The maximum atomic E-state index is 11.5. The summed E-state index contributed by atoms with van der Waals surface area (Å²) in [5.41, 5.74) is 5.36. The lowest BCUT2D eigenvalue weighted by Gasteiger charge is -2.06. The van der Waals surface area contributed by atoms with Crippen molar-refractivity contribution in [3.63, 3.8) is 0 Å². The summed E-state index contributed by atoms with van der Waals surface area (Å²) in [5, 5.41) is 6.99. The molecule has 0 radical (unpaired) electrons. The van der Waals surface area contributed by atoms with Gasteiger partial charge in [-0.25, -0.2) is 4.68 Å². The molecule has 0 saturated heterocycles. The lowest BCUT2D eigenvalue weighted by Crippen LogP contribution is -2.29. The smallest absolute Gasteiger partial charge is 0.269 e. The van der Waals surface area contributed by atoms with Crippen molar-refractivity contribution in [1.82, 2.24) is 9.78 Å². The monoisotopic (exact) mass is 222 g/mol. The van der Waals surface area contributed by atoms with Crippen LogP contribution in [-0.4, -0.2) is 22.2 Å². The van der Waals surface area contributed by atoms with Gasteiger partial charge in [0.15, 0.2) is 0 Å². The highest BCUT2D eigenvalue weighted by atomic mass is 16.2. The van der Waals surface area contributed by atoms with Crippen LogP contribution in [0.2, 0.25) is 0 Å². The number of nitrogens with two attached hydrogens (primary N) is 1. The Hall–Kier alpha value is -1.85. The SMILES string of the molecule is NC(=O)Cn1ncc(NCC2CC2)cc1=O. The number of anilines is 1. The summed E-state index contributed by atoms with van der Waals surface area (Å²) in [7, 11) is 0. The van der Waals surface area contributed by atoms with Crippen molar-refractivity contribution >= 4 is 11.6 Å². The number of hydrogen-bond donors (Lipinski definition) is 2. The van der Waals surface area contributed by atoms with Crippen LogP contribution in [-0.2, 0) is 11.3 Å². The van der Waals surface area contributed by atoms with Gasteiger partial charge in [0.05, 0.1) is 11.9 Å². The summed E-state index contributed by atoms with van der Waals surface area (Å²) in [4.78, 5) is 22.1. The number of rotatable bonds is 5. The van der Waals surface area contributed by atoms with Crippen LogP contribution < -0.4 is 16.6 Å². The predicted octanol–water partition coefficient (Wildman–Crippen LogP) is -0.450. The highest BCUT2D eigenvalue weighted by Crippen LogP contribution is 2.28. The quantitative estimate of drug-likeness (QED) is 0.706. The first kappa shape index (κ1) is 10.7. The Bertz CT molecular complexity index is 450. The summed E-state index contributed by atoms with van der Waals surface area (Å²) in [5.74, 6) is 0.154. The van der Waals surface area contributed by atoms with Crippen LogP contribution in [0.1, 0.15) is 12.8 Å². The van der Waals surface area contributed by atoms with Gasteiger partial charge in [-0.3, -0.25) is 9.59 Å². The van der Waals surface area contributed by atoms with Crippen molar-refractivity contribution in [2.45, 2.75) is 19.4 Å². The number of carbonyl (C=O) groups excluding carboxylic acids is 1. The zero-order chi connectivity index (χ0) is 11.5. The van der Waals surface area contributed by atoms with Crippen LogP contribution >= 0.6 is 0 Å². The average Bonchev–Trinajstić information content (AvgIpc) is 3.02.